The Morgan fingerprint density at radius 2 is 1.72 bits per heavy atom. The summed E-state index contributed by atoms with van der Waals surface area (Å²) in [7, 11) is 0. The molecule has 0 radical (unpaired) electrons. The van der Waals surface area contributed by atoms with Crippen LogP contribution in [0.4, 0.5) is 5.69 Å². The number of hydrogen-bond donors (Lipinski definition) is 1. The number of halogens is 1. The molecule has 94 valence electrons. The van der Waals surface area contributed by atoms with Gasteiger partial charge in [-0.05, 0) is 64.4 Å². The van der Waals surface area contributed by atoms with Gasteiger partial charge < -0.3 is 5.73 Å². The molecule has 18 heavy (non-hydrogen) atoms. The quantitative estimate of drug-likeness (QED) is 0.598. The second-order valence-corrected chi connectivity index (χ2v) is 6.79. The van der Waals surface area contributed by atoms with Crippen molar-refractivity contribution in [3.8, 4) is 0 Å². The topological polar surface area (TPSA) is 26.0 Å². The predicted octanol–water partition coefficient (Wildman–Crippen LogP) is 5.15. The SMILES string of the molecule is CC(C)c1ccc(Sc2ccc(N)cc2I)cc1. The lowest BCUT2D eigenvalue weighted by Crippen LogP contribution is -1.88. The Bertz CT molecular complexity index is 535. The van der Waals surface area contributed by atoms with Gasteiger partial charge in [-0.1, -0.05) is 37.7 Å². The highest BCUT2D eigenvalue weighted by Gasteiger charge is 2.04. The van der Waals surface area contributed by atoms with Crippen LogP contribution in [0.3, 0.4) is 0 Å². The van der Waals surface area contributed by atoms with Crippen LogP contribution >= 0.6 is 34.4 Å². The molecule has 0 spiro atoms. The maximum atomic E-state index is 5.76. The summed E-state index contributed by atoms with van der Waals surface area (Å²) in [5.74, 6) is 0.584. The molecule has 3 heteroatoms. The molecular formula is C15H16INS. The maximum Gasteiger partial charge on any atom is 0.0325 e. The fourth-order valence-corrected chi connectivity index (χ4v) is 3.34. The van der Waals surface area contributed by atoms with Crippen molar-refractivity contribution in [2.45, 2.75) is 29.6 Å². The van der Waals surface area contributed by atoms with Gasteiger partial charge in [-0.2, -0.15) is 0 Å². The fourth-order valence-electron chi connectivity index (χ4n) is 1.65. The molecule has 0 aliphatic heterocycles. The molecule has 1 nitrogen and oxygen atoms in total. The number of nitrogen functional groups attached to an aromatic ring is 1. The van der Waals surface area contributed by atoms with E-state index in [0.29, 0.717) is 5.92 Å². The largest absolute Gasteiger partial charge is 0.399 e. The van der Waals surface area contributed by atoms with E-state index < -0.39 is 0 Å². The molecule has 0 saturated heterocycles. The van der Waals surface area contributed by atoms with Gasteiger partial charge in [-0.15, -0.1) is 0 Å². The van der Waals surface area contributed by atoms with E-state index in [4.69, 9.17) is 5.73 Å². The summed E-state index contributed by atoms with van der Waals surface area (Å²) < 4.78 is 1.20. The van der Waals surface area contributed by atoms with Crippen molar-refractivity contribution >= 4 is 40.0 Å². The van der Waals surface area contributed by atoms with Crippen molar-refractivity contribution in [1.82, 2.24) is 0 Å². The lowest BCUT2D eigenvalue weighted by molar-refractivity contribution is 0.865. The Labute approximate surface area is 126 Å². The molecule has 0 bridgehead atoms. The number of rotatable bonds is 3. The first kappa shape index (κ1) is 13.7. The van der Waals surface area contributed by atoms with E-state index >= 15 is 0 Å². The van der Waals surface area contributed by atoms with Crippen LogP contribution in [-0.2, 0) is 0 Å². The predicted molar refractivity (Wildman–Crippen MR) is 88.2 cm³/mol. The van der Waals surface area contributed by atoms with Crippen LogP contribution in [0.5, 0.6) is 0 Å². The minimum absolute atomic E-state index is 0.584. The lowest BCUT2D eigenvalue weighted by atomic mass is 10.0. The normalized spacial score (nSPS) is 10.9. The maximum absolute atomic E-state index is 5.76. The first-order valence-corrected chi connectivity index (χ1v) is 7.78. The molecule has 2 rings (SSSR count). The molecule has 0 amide bonds. The minimum Gasteiger partial charge on any atom is -0.399 e. The van der Waals surface area contributed by atoms with Crippen molar-refractivity contribution < 1.29 is 0 Å². The Balaban J connectivity index is 2.18. The van der Waals surface area contributed by atoms with Gasteiger partial charge in [-0.25, -0.2) is 0 Å². The molecule has 2 aromatic rings. The van der Waals surface area contributed by atoms with Gasteiger partial charge >= 0.3 is 0 Å². The summed E-state index contributed by atoms with van der Waals surface area (Å²) in [6.45, 7) is 4.43. The van der Waals surface area contributed by atoms with Gasteiger partial charge in [0.25, 0.3) is 0 Å². The van der Waals surface area contributed by atoms with Crippen LogP contribution in [0.2, 0.25) is 0 Å². The van der Waals surface area contributed by atoms with Gasteiger partial charge in [0.2, 0.25) is 0 Å². The summed E-state index contributed by atoms with van der Waals surface area (Å²) >= 11 is 4.11. The zero-order valence-corrected chi connectivity index (χ0v) is 13.5. The number of hydrogen-bond acceptors (Lipinski definition) is 2. The highest BCUT2D eigenvalue weighted by atomic mass is 127. The third-order valence-electron chi connectivity index (χ3n) is 2.73. The van der Waals surface area contributed by atoms with Crippen molar-refractivity contribution in [2.75, 3.05) is 5.73 Å². The monoisotopic (exact) mass is 369 g/mol. The Hall–Kier alpha value is -0.680. The van der Waals surface area contributed by atoms with E-state index in [9.17, 15) is 0 Å². The third-order valence-corrected chi connectivity index (χ3v) is 5.07. The van der Waals surface area contributed by atoms with Crippen LogP contribution in [0.25, 0.3) is 0 Å². The molecule has 2 N–H and O–H groups in total. The van der Waals surface area contributed by atoms with Crippen molar-refractivity contribution in [3.63, 3.8) is 0 Å². The molecule has 0 aliphatic carbocycles. The van der Waals surface area contributed by atoms with Crippen molar-refractivity contribution in [1.29, 1.82) is 0 Å². The van der Waals surface area contributed by atoms with Gasteiger partial charge in [0.1, 0.15) is 0 Å². The van der Waals surface area contributed by atoms with Crippen LogP contribution in [-0.4, -0.2) is 0 Å². The average Bonchev–Trinajstić information content (AvgIpc) is 2.33. The average molecular weight is 369 g/mol. The smallest absolute Gasteiger partial charge is 0.0325 e. The lowest BCUT2D eigenvalue weighted by Gasteiger charge is -2.08. The van der Waals surface area contributed by atoms with Gasteiger partial charge in [0, 0.05) is 19.0 Å². The fraction of sp³-hybridized carbons (Fsp3) is 0.200. The minimum atomic E-state index is 0.584. The van der Waals surface area contributed by atoms with Crippen LogP contribution in [0, 0.1) is 3.57 Å². The second kappa shape index (κ2) is 5.97. The second-order valence-electron chi connectivity index (χ2n) is 4.52. The molecule has 0 atom stereocenters. The molecule has 0 saturated carbocycles. The van der Waals surface area contributed by atoms with Gasteiger partial charge in [0.15, 0.2) is 0 Å². The molecule has 0 fully saturated rings. The van der Waals surface area contributed by atoms with E-state index in [0.717, 1.165) is 5.69 Å². The number of nitrogens with two attached hydrogens (primary N) is 1. The zero-order valence-electron chi connectivity index (χ0n) is 10.5. The summed E-state index contributed by atoms with van der Waals surface area (Å²) in [5.41, 5.74) is 7.96. The summed E-state index contributed by atoms with van der Waals surface area (Å²) in [5, 5.41) is 0. The molecular weight excluding hydrogens is 353 g/mol. The Kier molecular flexibility index (Phi) is 4.56. The third kappa shape index (κ3) is 3.42. The van der Waals surface area contributed by atoms with Gasteiger partial charge in [0.05, 0.1) is 0 Å². The molecule has 0 heterocycles. The standard InChI is InChI=1S/C15H16INS/c1-10(2)11-3-6-13(7-4-11)18-15-8-5-12(17)9-14(15)16/h3-10H,17H2,1-2H3. The molecule has 2 aromatic carbocycles. The zero-order chi connectivity index (χ0) is 13.1. The first-order chi connectivity index (χ1) is 8.56. The van der Waals surface area contributed by atoms with Crippen molar-refractivity contribution in [3.05, 3.63) is 51.6 Å². The highest BCUT2D eigenvalue weighted by molar-refractivity contribution is 14.1. The van der Waals surface area contributed by atoms with Crippen LogP contribution < -0.4 is 5.73 Å². The summed E-state index contributed by atoms with van der Waals surface area (Å²) in [6, 6.07) is 14.8. The molecule has 0 unspecified atom stereocenters. The molecule has 0 aromatic heterocycles. The van der Waals surface area contributed by atoms with E-state index in [1.807, 2.05) is 12.1 Å². The highest BCUT2D eigenvalue weighted by Crippen LogP contribution is 2.32. The molecule has 0 aliphatic rings. The summed E-state index contributed by atoms with van der Waals surface area (Å²) in [6.07, 6.45) is 0. The Morgan fingerprint density at radius 3 is 2.28 bits per heavy atom. The number of benzene rings is 2. The van der Waals surface area contributed by atoms with Crippen molar-refractivity contribution in [2.24, 2.45) is 0 Å². The van der Waals surface area contributed by atoms with Crippen LogP contribution in [0.1, 0.15) is 25.3 Å². The Morgan fingerprint density at radius 1 is 1.06 bits per heavy atom. The van der Waals surface area contributed by atoms with E-state index in [-0.39, 0.29) is 0 Å². The van der Waals surface area contributed by atoms with E-state index in [1.54, 1.807) is 11.8 Å². The van der Waals surface area contributed by atoms with E-state index in [1.165, 1.54) is 18.9 Å². The summed E-state index contributed by atoms with van der Waals surface area (Å²) in [4.78, 5) is 2.52. The first-order valence-electron chi connectivity index (χ1n) is 5.89. The van der Waals surface area contributed by atoms with Crippen LogP contribution in [0.15, 0.2) is 52.3 Å². The van der Waals surface area contributed by atoms with E-state index in [2.05, 4.69) is 66.8 Å². The number of anilines is 1. The van der Waals surface area contributed by atoms with Gasteiger partial charge in [-0.3, -0.25) is 0 Å².